The minimum absolute atomic E-state index is 0.0685. The number of rotatable bonds is 6. The standard InChI is InChI=1S/C18H18N2O3/c19-8-7-13-11-20-16-6-5-14(10-15(13)16)23-17-4-2-1-3-12(17)9-18(21)22/h1-6,10-11,20H,7-9,19H2,(H,21,22). The van der Waals surface area contributed by atoms with Crippen LogP contribution in [0.15, 0.2) is 48.7 Å². The molecule has 5 nitrogen and oxygen atoms in total. The summed E-state index contributed by atoms with van der Waals surface area (Å²) in [5, 5.41) is 10.1. The van der Waals surface area contributed by atoms with E-state index in [1.54, 1.807) is 18.2 Å². The van der Waals surface area contributed by atoms with Gasteiger partial charge in [0.25, 0.3) is 0 Å². The Kier molecular flexibility index (Phi) is 4.30. The van der Waals surface area contributed by atoms with Crippen molar-refractivity contribution in [2.75, 3.05) is 6.54 Å². The number of carboxylic acid groups (broad SMARTS) is 1. The van der Waals surface area contributed by atoms with Gasteiger partial charge >= 0.3 is 5.97 Å². The van der Waals surface area contributed by atoms with Crippen LogP contribution in [0.1, 0.15) is 11.1 Å². The Morgan fingerprint density at radius 3 is 2.78 bits per heavy atom. The van der Waals surface area contributed by atoms with Gasteiger partial charge in [0.05, 0.1) is 6.42 Å². The molecule has 0 aliphatic carbocycles. The van der Waals surface area contributed by atoms with E-state index in [4.69, 9.17) is 15.6 Å². The number of nitrogens with two attached hydrogens (primary N) is 1. The van der Waals surface area contributed by atoms with E-state index in [1.165, 1.54) is 0 Å². The van der Waals surface area contributed by atoms with Crippen LogP contribution in [0, 0.1) is 0 Å². The molecule has 0 atom stereocenters. The Hall–Kier alpha value is -2.79. The number of carboxylic acids is 1. The molecule has 0 amide bonds. The zero-order valence-electron chi connectivity index (χ0n) is 12.6. The normalized spacial score (nSPS) is 10.8. The van der Waals surface area contributed by atoms with Gasteiger partial charge in [-0.25, -0.2) is 0 Å². The van der Waals surface area contributed by atoms with Crippen LogP contribution < -0.4 is 10.5 Å². The maximum absolute atomic E-state index is 11.0. The van der Waals surface area contributed by atoms with E-state index in [1.807, 2.05) is 30.5 Å². The smallest absolute Gasteiger partial charge is 0.307 e. The van der Waals surface area contributed by atoms with Crippen molar-refractivity contribution in [2.24, 2.45) is 5.73 Å². The molecule has 4 N–H and O–H groups in total. The number of aromatic nitrogens is 1. The zero-order valence-corrected chi connectivity index (χ0v) is 12.6. The number of hydrogen-bond donors (Lipinski definition) is 3. The number of para-hydroxylation sites is 1. The molecule has 0 radical (unpaired) electrons. The fourth-order valence-corrected chi connectivity index (χ4v) is 2.62. The molecule has 23 heavy (non-hydrogen) atoms. The molecule has 3 rings (SSSR count). The van der Waals surface area contributed by atoms with Crippen LogP contribution in [0.2, 0.25) is 0 Å². The number of benzene rings is 2. The Labute approximate surface area is 133 Å². The maximum Gasteiger partial charge on any atom is 0.307 e. The van der Waals surface area contributed by atoms with E-state index in [9.17, 15) is 4.79 Å². The Bertz CT molecular complexity index is 839. The number of aromatic amines is 1. The first-order chi connectivity index (χ1) is 11.2. The molecule has 0 fully saturated rings. The number of hydrogen-bond acceptors (Lipinski definition) is 3. The lowest BCUT2D eigenvalue weighted by atomic mass is 10.1. The molecule has 5 heteroatoms. The van der Waals surface area contributed by atoms with E-state index in [0.29, 0.717) is 23.6 Å². The molecule has 0 saturated heterocycles. The average molecular weight is 310 g/mol. The fraction of sp³-hybridized carbons (Fsp3) is 0.167. The van der Waals surface area contributed by atoms with Gasteiger partial charge < -0.3 is 20.6 Å². The monoisotopic (exact) mass is 310 g/mol. The molecule has 0 bridgehead atoms. The Morgan fingerprint density at radius 1 is 1.17 bits per heavy atom. The summed E-state index contributed by atoms with van der Waals surface area (Å²) in [7, 11) is 0. The molecule has 1 aromatic heterocycles. The van der Waals surface area contributed by atoms with Crippen LogP contribution in [0.3, 0.4) is 0 Å². The molecule has 1 heterocycles. The second kappa shape index (κ2) is 6.54. The van der Waals surface area contributed by atoms with E-state index in [0.717, 1.165) is 22.9 Å². The van der Waals surface area contributed by atoms with Crippen LogP contribution in [-0.4, -0.2) is 22.6 Å². The predicted octanol–water partition coefficient (Wildman–Crippen LogP) is 3.09. The van der Waals surface area contributed by atoms with Crippen molar-refractivity contribution >= 4 is 16.9 Å². The number of aliphatic carboxylic acids is 1. The molecule has 118 valence electrons. The SMILES string of the molecule is NCCc1c[nH]c2ccc(Oc3ccccc3CC(=O)O)cc12. The number of nitrogens with one attached hydrogen (secondary N) is 1. The third kappa shape index (κ3) is 3.35. The van der Waals surface area contributed by atoms with Crippen LogP contribution in [0.25, 0.3) is 10.9 Å². The van der Waals surface area contributed by atoms with Crippen LogP contribution in [0.5, 0.6) is 11.5 Å². The number of fused-ring (bicyclic) bond motifs is 1. The first-order valence-electron chi connectivity index (χ1n) is 7.45. The summed E-state index contributed by atoms with van der Waals surface area (Å²) in [6, 6.07) is 12.9. The molecular formula is C18H18N2O3. The summed E-state index contributed by atoms with van der Waals surface area (Å²) in [4.78, 5) is 14.2. The highest BCUT2D eigenvalue weighted by atomic mass is 16.5. The lowest BCUT2D eigenvalue weighted by Crippen LogP contribution is -2.02. The molecule has 2 aromatic carbocycles. The molecule has 0 spiro atoms. The minimum Gasteiger partial charge on any atom is -0.481 e. The maximum atomic E-state index is 11.0. The van der Waals surface area contributed by atoms with Gasteiger partial charge in [0.15, 0.2) is 0 Å². The molecule has 3 aromatic rings. The van der Waals surface area contributed by atoms with Crippen molar-refractivity contribution in [1.82, 2.24) is 4.98 Å². The van der Waals surface area contributed by atoms with Gasteiger partial charge in [-0.15, -0.1) is 0 Å². The van der Waals surface area contributed by atoms with Gasteiger partial charge in [-0.2, -0.15) is 0 Å². The van der Waals surface area contributed by atoms with Gasteiger partial charge in [0, 0.05) is 22.7 Å². The summed E-state index contributed by atoms with van der Waals surface area (Å²) in [5.41, 5.74) is 8.46. The molecule has 0 aliphatic rings. The number of H-pyrrole nitrogens is 1. The Morgan fingerprint density at radius 2 is 2.00 bits per heavy atom. The first kappa shape index (κ1) is 15.1. The third-order valence-electron chi connectivity index (χ3n) is 3.69. The van der Waals surface area contributed by atoms with Crippen molar-refractivity contribution in [1.29, 1.82) is 0 Å². The van der Waals surface area contributed by atoms with Crippen molar-refractivity contribution in [3.63, 3.8) is 0 Å². The van der Waals surface area contributed by atoms with Crippen LogP contribution >= 0.6 is 0 Å². The highest BCUT2D eigenvalue weighted by Crippen LogP contribution is 2.29. The number of ether oxygens (including phenoxy) is 1. The quantitative estimate of drug-likeness (QED) is 0.653. The second-order valence-corrected chi connectivity index (χ2v) is 5.34. The van der Waals surface area contributed by atoms with Gasteiger partial charge in [0.1, 0.15) is 11.5 Å². The van der Waals surface area contributed by atoms with Crippen LogP contribution in [-0.2, 0) is 17.6 Å². The summed E-state index contributed by atoms with van der Waals surface area (Å²) < 4.78 is 5.91. The average Bonchev–Trinajstić information content (AvgIpc) is 2.92. The minimum atomic E-state index is -0.882. The van der Waals surface area contributed by atoms with E-state index >= 15 is 0 Å². The number of carbonyl (C=O) groups is 1. The van der Waals surface area contributed by atoms with Gasteiger partial charge in [0.2, 0.25) is 0 Å². The van der Waals surface area contributed by atoms with E-state index in [-0.39, 0.29) is 6.42 Å². The van der Waals surface area contributed by atoms with Gasteiger partial charge in [-0.05, 0) is 42.8 Å². The summed E-state index contributed by atoms with van der Waals surface area (Å²) in [6.45, 7) is 0.583. The van der Waals surface area contributed by atoms with Crippen molar-refractivity contribution < 1.29 is 14.6 Å². The third-order valence-corrected chi connectivity index (χ3v) is 3.69. The van der Waals surface area contributed by atoms with E-state index in [2.05, 4.69) is 4.98 Å². The molecule has 0 unspecified atom stereocenters. The van der Waals surface area contributed by atoms with E-state index < -0.39 is 5.97 Å². The molecule has 0 aliphatic heterocycles. The topological polar surface area (TPSA) is 88.3 Å². The van der Waals surface area contributed by atoms with Crippen molar-refractivity contribution in [2.45, 2.75) is 12.8 Å². The predicted molar refractivity (Wildman–Crippen MR) is 88.9 cm³/mol. The lowest BCUT2D eigenvalue weighted by Gasteiger charge is -2.10. The van der Waals surface area contributed by atoms with Gasteiger partial charge in [-0.3, -0.25) is 4.79 Å². The zero-order chi connectivity index (χ0) is 16.2. The summed E-state index contributed by atoms with van der Waals surface area (Å²) in [6.07, 6.45) is 2.68. The second-order valence-electron chi connectivity index (χ2n) is 5.34. The Balaban J connectivity index is 1.92. The van der Waals surface area contributed by atoms with Gasteiger partial charge in [-0.1, -0.05) is 18.2 Å². The molecule has 0 saturated carbocycles. The summed E-state index contributed by atoms with van der Waals surface area (Å²) >= 11 is 0. The lowest BCUT2D eigenvalue weighted by molar-refractivity contribution is -0.136. The van der Waals surface area contributed by atoms with Crippen molar-refractivity contribution in [3.8, 4) is 11.5 Å². The van der Waals surface area contributed by atoms with Crippen LogP contribution in [0.4, 0.5) is 0 Å². The first-order valence-corrected chi connectivity index (χ1v) is 7.45. The fourth-order valence-electron chi connectivity index (χ4n) is 2.62. The highest BCUT2D eigenvalue weighted by molar-refractivity contribution is 5.84. The van der Waals surface area contributed by atoms with Crippen molar-refractivity contribution in [3.05, 3.63) is 59.8 Å². The molecular weight excluding hydrogens is 292 g/mol. The largest absolute Gasteiger partial charge is 0.481 e. The summed E-state index contributed by atoms with van der Waals surface area (Å²) in [5.74, 6) is 0.353. The highest BCUT2D eigenvalue weighted by Gasteiger charge is 2.10.